The van der Waals surface area contributed by atoms with Gasteiger partial charge in [-0.1, -0.05) is 30.3 Å². The molecule has 1 heterocycles. The molecular weight excluding hydrogens is 278 g/mol. The molecule has 0 unspecified atom stereocenters. The van der Waals surface area contributed by atoms with Gasteiger partial charge in [-0.05, 0) is 29.8 Å². The lowest BCUT2D eigenvalue weighted by Gasteiger charge is -2.08. The highest BCUT2D eigenvalue weighted by atomic mass is 16.3. The molecule has 5 heteroatoms. The number of aromatic hydroxyl groups is 1. The standard InChI is InChI=1S/C17H11N3O2/c18-10-15-16(12-6-8-14(21)9-7-12)11-19-20(17(15)22)13-4-2-1-3-5-13/h1-9,11,21H. The van der Waals surface area contributed by atoms with E-state index in [0.717, 1.165) is 0 Å². The molecule has 0 aliphatic carbocycles. The second-order valence-electron chi connectivity index (χ2n) is 4.64. The van der Waals surface area contributed by atoms with Gasteiger partial charge >= 0.3 is 0 Å². The summed E-state index contributed by atoms with van der Waals surface area (Å²) in [6.07, 6.45) is 1.49. The molecular formula is C17H11N3O2. The van der Waals surface area contributed by atoms with Crippen molar-refractivity contribution in [2.45, 2.75) is 0 Å². The monoisotopic (exact) mass is 289 g/mol. The maximum atomic E-state index is 12.5. The third kappa shape index (κ3) is 2.34. The number of phenols is 1. The largest absolute Gasteiger partial charge is 0.508 e. The van der Waals surface area contributed by atoms with Crippen molar-refractivity contribution in [3.63, 3.8) is 0 Å². The summed E-state index contributed by atoms with van der Waals surface area (Å²) < 4.78 is 1.20. The van der Waals surface area contributed by atoms with Crippen molar-refractivity contribution in [2.24, 2.45) is 0 Å². The smallest absolute Gasteiger partial charge is 0.290 e. The van der Waals surface area contributed by atoms with Crippen molar-refractivity contribution in [1.29, 1.82) is 5.26 Å². The Bertz CT molecular complexity index is 907. The van der Waals surface area contributed by atoms with Gasteiger partial charge in [0.25, 0.3) is 5.56 Å². The molecule has 0 saturated carbocycles. The van der Waals surface area contributed by atoms with Crippen LogP contribution in [0.4, 0.5) is 0 Å². The Labute approximate surface area is 126 Å². The summed E-state index contributed by atoms with van der Waals surface area (Å²) >= 11 is 0. The predicted molar refractivity (Wildman–Crippen MR) is 81.6 cm³/mol. The summed E-state index contributed by atoms with van der Waals surface area (Å²) in [4.78, 5) is 12.5. The van der Waals surface area contributed by atoms with Gasteiger partial charge in [-0.2, -0.15) is 15.0 Å². The van der Waals surface area contributed by atoms with Crippen LogP contribution in [0.15, 0.2) is 65.6 Å². The Hall–Kier alpha value is -3.39. The molecule has 3 aromatic rings. The first-order valence-electron chi connectivity index (χ1n) is 6.58. The number of nitrogens with zero attached hydrogens (tertiary/aromatic N) is 3. The first-order valence-corrected chi connectivity index (χ1v) is 6.58. The van der Waals surface area contributed by atoms with Gasteiger partial charge in [-0.25, -0.2) is 0 Å². The number of phenolic OH excluding ortho intramolecular Hbond substituents is 1. The normalized spacial score (nSPS) is 10.1. The summed E-state index contributed by atoms with van der Waals surface area (Å²) in [5, 5.41) is 22.8. The van der Waals surface area contributed by atoms with Gasteiger partial charge in [0.1, 0.15) is 17.4 Å². The molecule has 1 N–H and O–H groups in total. The number of rotatable bonds is 2. The van der Waals surface area contributed by atoms with Crippen LogP contribution < -0.4 is 5.56 Å². The Morgan fingerprint density at radius 3 is 2.36 bits per heavy atom. The van der Waals surface area contributed by atoms with E-state index in [1.54, 1.807) is 36.4 Å². The fraction of sp³-hybridized carbons (Fsp3) is 0. The molecule has 0 aliphatic heterocycles. The number of aromatic nitrogens is 2. The number of hydrogen-bond donors (Lipinski definition) is 1. The van der Waals surface area contributed by atoms with Gasteiger partial charge in [-0.3, -0.25) is 4.79 Å². The van der Waals surface area contributed by atoms with Crippen LogP contribution in [0, 0.1) is 11.3 Å². The van der Waals surface area contributed by atoms with E-state index in [1.165, 1.54) is 23.0 Å². The van der Waals surface area contributed by atoms with Gasteiger partial charge in [0.15, 0.2) is 0 Å². The van der Waals surface area contributed by atoms with Crippen LogP contribution in [-0.2, 0) is 0 Å². The van der Waals surface area contributed by atoms with Gasteiger partial charge in [0.2, 0.25) is 0 Å². The molecule has 0 atom stereocenters. The van der Waals surface area contributed by atoms with Crippen molar-refractivity contribution in [2.75, 3.05) is 0 Å². The molecule has 0 fully saturated rings. The van der Waals surface area contributed by atoms with Crippen molar-refractivity contribution in [3.8, 4) is 28.6 Å². The first kappa shape index (κ1) is 13.6. The minimum Gasteiger partial charge on any atom is -0.508 e. The number of hydrogen-bond acceptors (Lipinski definition) is 4. The lowest BCUT2D eigenvalue weighted by Crippen LogP contribution is -2.24. The molecule has 0 bridgehead atoms. The molecule has 5 nitrogen and oxygen atoms in total. The zero-order valence-corrected chi connectivity index (χ0v) is 11.5. The van der Waals surface area contributed by atoms with Crippen molar-refractivity contribution in [1.82, 2.24) is 9.78 Å². The average Bonchev–Trinajstić information content (AvgIpc) is 2.56. The molecule has 0 saturated heterocycles. The van der Waals surface area contributed by atoms with E-state index in [0.29, 0.717) is 16.8 Å². The zero-order chi connectivity index (χ0) is 15.5. The number of nitriles is 1. The Morgan fingerprint density at radius 1 is 1.05 bits per heavy atom. The molecule has 0 radical (unpaired) electrons. The fourth-order valence-electron chi connectivity index (χ4n) is 2.17. The maximum Gasteiger partial charge on any atom is 0.290 e. The third-order valence-electron chi connectivity index (χ3n) is 3.27. The van der Waals surface area contributed by atoms with Crippen molar-refractivity contribution < 1.29 is 5.11 Å². The number of benzene rings is 2. The number of para-hydroxylation sites is 1. The second kappa shape index (κ2) is 5.54. The van der Waals surface area contributed by atoms with Gasteiger partial charge in [0, 0.05) is 5.56 Å². The van der Waals surface area contributed by atoms with E-state index in [9.17, 15) is 15.2 Å². The van der Waals surface area contributed by atoms with Gasteiger partial charge in [0.05, 0.1) is 11.9 Å². The highest BCUT2D eigenvalue weighted by Crippen LogP contribution is 2.23. The first-order chi connectivity index (χ1) is 10.7. The van der Waals surface area contributed by atoms with Crippen LogP contribution in [-0.4, -0.2) is 14.9 Å². The maximum absolute atomic E-state index is 12.5. The summed E-state index contributed by atoms with van der Waals surface area (Å²) in [6.45, 7) is 0. The van der Waals surface area contributed by atoms with Crippen LogP contribution in [0.25, 0.3) is 16.8 Å². The zero-order valence-electron chi connectivity index (χ0n) is 11.5. The molecule has 0 spiro atoms. The van der Waals surface area contributed by atoms with Crippen molar-refractivity contribution >= 4 is 0 Å². The fourth-order valence-corrected chi connectivity index (χ4v) is 2.17. The van der Waals surface area contributed by atoms with Crippen LogP contribution in [0.5, 0.6) is 5.75 Å². The molecule has 106 valence electrons. The molecule has 0 amide bonds. The summed E-state index contributed by atoms with van der Waals surface area (Å²) in [5.41, 5.74) is 1.24. The highest BCUT2D eigenvalue weighted by Gasteiger charge is 2.13. The van der Waals surface area contributed by atoms with E-state index in [4.69, 9.17) is 0 Å². The molecule has 2 aromatic carbocycles. The van der Waals surface area contributed by atoms with Crippen LogP contribution in [0.3, 0.4) is 0 Å². The van der Waals surface area contributed by atoms with Gasteiger partial charge < -0.3 is 5.11 Å². The Balaban J connectivity index is 2.20. The molecule has 0 aliphatic rings. The third-order valence-corrected chi connectivity index (χ3v) is 3.27. The SMILES string of the molecule is N#Cc1c(-c2ccc(O)cc2)cnn(-c2ccccc2)c1=O. The lowest BCUT2D eigenvalue weighted by atomic mass is 10.0. The quantitative estimate of drug-likeness (QED) is 0.786. The van der Waals surface area contributed by atoms with E-state index in [-0.39, 0.29) is 11.3 Å². The van der Waals surface area contributed by atoms with Gasteiger partial charge in [-0.15, -0.1) is 0 Å². The van der Waals surface area contributed by atoms with Crippen LogP contribution in [0.2, 0.25) is 0 Å². The lowest BCUT2D eigenvalue weighted by molar-refractivity contribution is 0.475. The van der Waals surface area contributed by atoms with Crippen LogP contribution >= 0.6 is 0 Å². The topological polar surface area (TPSA) is 78.9 Å². The second-order valence-corrected chi connectivity index (χ2v) is 4.64. The van der Waals surface area contributed by atoms with E-state index < -0.39 is 5.56 Å². The Morgan fingerprint density at radius 2 is 1.73 bits per heavy atom. The molecule has 1 aromatic heterocycles. The Kier molecular flexibility index (Phi) is 3.42. The van der Waals surface area contributed by atoms with E-state index in [2.05, 4.69) is 5.10 Å². The summed E-state index contributed by atoms with van der Waals surface area (Å²) in [6, 6.07) is 17.1. The summed E-state index contributed by atoms with van der Waals surface area (Å²) in [7, 11) is 0. The van der Waals surface area contributed by atoms with E-state index in [1.807, 2.05) is 12.1 Å². The molecule has 22 heavy (non-hydrogen) atoms. The predicted octanol–water partition coefficient (Wildman–Crippen LogP) is 2.48. The van der Waals surface area contributed by atoms with Crippen molar-refractivity contribution in [3.05, 3.63) is 76.7 Å². The van der Waals surface area contributed by atoms with E-state index >= 15 is 0 Å². The minimum absolute atomic E-state index is 0.0181. The highest BCUT2D eigenvalue weighted by molar-refractivity contribution is 5.69. The minimum atomic E-state index is -0.473. The van der Waals surface area contributed by atoms with Crippen LogP contribution in [0.1, 0.15) is 5.56 Å². The summed E-state index contributed by atoms with van der Waals surface area (Å²) in [5.74, 6) is 0.118. The molecule has 3 rings (SSSR count). The average molecular weight is 289 g/mol.